The van der Waals surface area contributed by atoms with Gasteiger partial charge in [0, 0.05) is 5.75 Å². The molecular weight excluding hydrogens is 302 g/mol. The summed E-state index contributed by atoms with van der Waals surface area (Å²) in [6.07, 6.45) is 3.26. The molecule has 7 unspecified atom stereocenters. The van der Waals surface area contributed by atoms with Gasteiger partial charge in [0.1, 0.15) is 6.61 Å². The average molecular weight is 329 g/mol. The third-order valence-electron chi connectivity index (χ3n) is 5.46. The number of hydrogen-bond acceptors (Lipinski definition) is 6. The van der Waals surface area contributed by atoms with Gasteiger partial charge in [0.25, 0.3) is 0 Å². The lowest BCUT2D eigenvalue weighted by atomic mass is 9.64. The normalized spacial score (nSPS) is 45.3. The predicted molar refractivity (Wildman–Crippen MR) is 85.4 cm³/mol. The quantitative estimate of drug-likeness (QED) is 0.674. The first-order chi connectivity index (χ1) is 10.6. The van der Waals surface area contributed by atoms with E-state index in [2.05, 4.69) is 12.2 Å². The van der Waals surface area contributed by atoms with E-state index in [1.165, 1.54) is 0 Å². The SMILES string of the molecule is CC1NC(COC(=O)C2CC(O)C3CCCCC3C2O)CS1. The molecule has 0 spiro atoms. The van der Waals surface area contributed by atoms with Gasteiger partial charge in [0.05, 0.1) is 29.5 Å². The molecule has 2 aliphatic carbocycles. The fourth-order valence-electron chi connectivity index (χ4n) is 4.27. The zero-order chi connectivity index (χ0) is 15.7. The molecule has 5 nitrogen and oxygen atoms in total. The second kappa shape index (κ2) is 7.07. The van der Waals surface area contributed by atoms with Crippen molar-refractivity contribution in [1.82, 2.24) is 5.32 Å². The van der Waals surface area contributed by atoms with Crippen LogP contribution in [0.3, 0.4) is 0 Å². The molecule has 2 saturated carbocycles. The largest absolute Gasteiger partial charge is 0.464 e. The van der Waals surface area contributed by atoms with E-state index in [0.717, 1.165) is 31.4 Å². The van der Waals surface area contributed by atoms with Crippen LogP contribution in [0.4, 0.5) is 0 Å². The van der Waals surface area contributed by atoms with Gasteiger partial charge in [-0.15, -0.1) is 11.8 Å². The Labute approximate surface area is 136 Å². The molecule has 0 amide bonds. The van der Waals surface area contributed by atoms with Crippen molar-refractivity contribution in [3.05, 3.63) is 0 Å². The number of nitrogens with one attached hydrogen (secondary N) is 1. The number of rotatable bonds is 3. The molecule has 3 N–H and O–H groups in total. The summed E-state index contributed by atoms with van der Waals surface area (Å²) in [6, 6.07) is 0.192. The van der Waals surface area contributed by atoms with E-state index < -0.39 is 18.1 Å². The molecule has 1 aliphatic heterocycles. The van der Waals surface area contributed by atoms with Crippen molar-refractivity contribution in [2.75, 3.05) is 12.4 Å². The maximum Gasteiger partial charge on any atom is 0.311 e. The molecule has 0 aromatic carbocycles. The highest BCUT2D eigenvalue weighted by Gasteiger charge is 2.47. The number of carbonyl (C=O) groups excluding carboxylic acids is 1. The van der Waals surface area contributed by atoms with Gasteiger partial charge < -0.3 is 14.9 Å². The van der Waals surface area contributed by atoms with Crippen molar-refractivity contribution >= 4 is 17.7 Å². The number of thioether (sulfide) groups is 1. The lowest BCUT2D eigenvalue weighted by molar-refractivity contribution is -0.166. The van der Waals surface area contributed by atoms with Crippen LogP contribution in [-0.2, 0) is 9.53 Å². The van der Waals surface area contributed by atoms with Crippen LogP contribution >= 0.6 is 11.8 Å². The van der Waals surface area contributed by atoms with Crippen LogP contribution in [0.2, 0.25) is 0 Å². The van der Waals surface area contributed by atoms with Crippen LogP contribution in [0, 0.1) is 17.8 Å². The van der Waals surface area contributed by atoms with E-state index >= 15 is 0 Å². The summed E-state index contributed by atoms with van der Waals surface area (Å²) in [5.74, 6) is 0.231. The standard InChI is InChI=1S/C16H27NO4S/c1-9-17-10(8-22-9)7-21-16(20)13-6-14(18)11-4-2-3-5-12(11)15(13)19/h9-15,17-19H,2-8H2,1H3. The van der Waals surface area contributed by atoms with Gasteiger partial charge in [0.2, 0.25) is 0 Å². The Balaban J connectivity index is 1.55. The van der Waals surface area contributed by atoms with Gasteiger partial charge in [-0.1, -0.05) is 12.8 Å². The lowest BCUT2D eigenvalue weighted by Crippen LogP contribution is -2.50. The summed E-state index contributed by atoms with van der Waals surface area (Å²) in [5.41, 5.74) is 0. The molecule has 0 aromatic heterocycles. The highest BCUT2D eigenvalue weighted by molar-refractivity contribution is 8.00. The van der Waals surface area contributed by atoms with E-state index in [1.807, 2.05) is 11.8 Å². The molecule has 6 heteroatoms. The number of carbonyl (C=O) groups is 1. The van der Waals surface area contributed by atoms with Gasteiger partial charge in [-0.3, -0.25) is 10.1 Å². The molecule has 126 valence electrons. The molecule has 7 atom stereocenters. The lowest BCUT2D eigenvalue weighted by Gasteiger charge is -2.45. The van der Waals surface area contributed by atoms with Crippen LogP contribution in [0.15, 0.2) is 0 Å². The molecule has 0 bridgehead atoms. The summed E-state index contributed by atoms with van der Waals surface area (Å²) in [6.45, 7) is 2.44. The Morgan fingerprint density at radius 3 is 2.68 bits per heavy atom. The van der Waals surface area contributed by atoms with Crippen LogP contribution in [0.5, 0.6) is 0 Å². The van der Waals surface area contributed by atoms with Gasteiger partial charge in [-0.2, -0.15) is 0 Å². The van der Waals surface area contributed by atoms with E-state index in [-0.39, 0.29) is 23.8 Å². The van der Waals surface area contributed by atoms with Gasteiger partial charge >= 0.3 is 5.97 Å². The molecular formula is C16H27NO4S. The molecule has 1 heterocycles. The van der Waals surface area contributed by atoms with Crippen molar-refractivity contribution in [2.45, 2.75) is 62.7 Å². The van der Waals surface area contributed by atoms with Crippen molar-refractivity contribution in [3.63, 3.8) is 0 Å². The summed E-state index contributed by atoms with van der Waals surface area (Å²) in [5, 5.41) is 24.6. The summed E-state index contributed by atoms with van der Waals surface area (Å²) >= 11 is 1.82. The van der Waals surface area contributed by atoms with Crippen molar-refractivity contribution in [1.29, 1.82) is 0 Å². The molecule has 22 heavy (non-hydrogen) atoms. The van der Waals surface area contributed by atoms with E-state index in [0.29, 0.717) is 18.4 Å². The Hall–Kier alpha value is -0.300. The Kier molecular flexibility index (Phi) is 5.32. The molecule has 3 fully saturated rings. The minimum absolute atomic E-state index is 0.0511. The number of aliphatic hydroxyl groups is 2. The third kappa shape index (κ3) is 3.45. The predicted octanol–water partition coefficient (Wildman–Crippen LogP) is 1.13. The van der Waals surface area contributed by atoms with E-state index in [9.17, 15) is 15.0 Å². The maximum atomic E-state index is 12.3. The highest BCUT2D eigenvalue weighted by atomic mass is 32.2. The number of esters is 1. The third-order valence-corrected chi connectivity index (χ3v) is 6.69. The number of ether oxygens (including phenoxy) is 1. The minimum atomic E-state index is -0.661. The summed E-state index contributed by atoms with van der Waals surface area (Å²) in [4.78, 5) is 12.3. The Morgan fingerprint density at radius 2 is 2.00 bits per heavy atom. The summed E-state index contributed by atoms with van der Waals surface area (Å²) < 4.78 is 5.43. The first kappa shape index (κ1) is 16.6. The van der Waals surface area contributed by atoms with Gasteiger partial charge in [-0.25, -0.2) is 0 Å². The van der Waals surface area contributed by atoms with Crippen LogP contribution < -0.4 is 5.32 Å². The van der Waals surface area contributed by atoms with E-state index in [4.69, 9.17) is 4.74 Å². The smallest absolute Gasteiger partial charge is 0.311 e. The zero-order valence-corrected chi connectivity index (χ0v) is 13.9. The Morgan fingerprint density at radius 1 is 1.27 bits per heavy atom. The van der Waals surface area contributed by atoms with Gasteiger partial charge in [-0.05, 0) is 38.0 Å². The summed E-state index contributed by atoms with van der Waals surface area (Å²) in [7, 11) is 0. The molecule has 3 rings (SSSR count). The van der Waals surface area contributed by atoms with Crippen molar-refractivity contribution in [2.24, 2.45) is 17.8 Å². The second-order valence-corrected chi connectivity index (χ2v) is 8.36. The number of fused-ring (bicyclic) bond motifs is 1. The van der Waals surface area contributed by atoms with Crippen molar-refractivity contribution in [3.8, 4) is 0 Å². The first-order valence-corrected chi connectivity index (χ1v) is 9.51. The molecule has 0 aromatic rings. The highest BCUT2D eigenvalue weighted by Crippen LogP contribution is 2.43. The minimum Gasteiger partial charge on any atom is -0.464 e. The number of hydrogen-bond donors (Lipinski definition) is 3. The molecule has 3 aliphatic rings. The molecule has 0 radical (unpaired) electrons. The zero-order valence-electron chi connectivity index (χ0n) is 13.1. The first-order valence-electron chi connectivity index (χ1n) is 8.46. The van der Waals surface area contributed by atoms with Crippen LogP contribution in [-0.4, -0.2) is 52.2 Å². The van der Waals surface area contributed by atoms with E-state index in [1.54, 1.807) is 0 Å². The average Bonchev–Trinajstić information content (AvgIpc) is 2.94. The fraction of sp³-hybridized carbons (Fsp3) is 0.938. The van der Waals surface area contributed by atoms with Crippen LogP contribution in [0.25, 0.3) is 0 Å². The van der Waals surface area contributed by atoms with Crippen molar-refractivity contribution < 1.29 is 19.7 Å². The number of aliphatic hydroxyl groups excluding tert-OH is 2. The fourth-order valence-corrected chi connectivity index (χ4v) is 5.28. The monoisotopic (exact) mass is 329 g/mol. The Bertz CT molecular complexity index is 408. The van der Waals surface area contributed by atoms with Gasteiger partial charge in [0.15, 0.2) is 0 Å². The van der Waals surface area contributed by atoms with Crippen LogP contribution in [0.1, 0.15) is 39.0 Å². The second-order valence-electron chi connectivity index (χ2n) is 6.98. The topological polar surface area (TPSA) is 78.8 Å². The molecule has 1 saturated heterocycles. The maximum absolute atomic E-state index is 12.3.